The molecule has 0 aliphatic heterocycles. The first kappa shape index (κ1) is 18.6. The van der Waals surface area contributed by atoms with Crippen molar-refractivity contribution in [2.45, 2.75) is 24.8 Å². The van der Waals surface area contributed by atoms with E-state index in [1.54, 1.807) is 13.8 Å². The third kappa shape index (κ3) is 4.52. The largest absolute Gasteiger partial charge is 0.480 e. The van der Waals surface area contributed by atoms with Crippen LogP contribution in [0.5, 0.6) is 0 Å². The lowest BCUT2D eigenvalue weighted by Gasteiger charge is -2.18. The second-order valence-electron chi connectivity index (χ2n) is 4.85. The van der Waals surface area contributed by atoms with Gasteiger partial charge in [-0.3, -0.25) is 4.79 Å². The smallest absolute Gasteiger partial charge is 0.337 e. The molecule has 0 unspecified atom stereocenters. The van der Waals surface area contributed by atoms with Crippen LogP contribution in [0.4, 0.5) is 0 Å². The summed E-state index contributed by atoms with van der Waals surface area (Å²) in [4.78, 5) is 22.4. The minimum absolute atomic E-state index is 0.0358. The number of ether oxygens (including phenoxy) is 1. The Morgan fingerprint density at radius 1 is 1.27 bits per heavy atom. The van der Waals surface area contributed by atoms with Crippen LogP contribution >= 0.6 is 15.9 Å². The molecule has 9 heteroatoms. The number of methoxy groups -OCH3 is 1. The maximum atomic E-state index is 12.3. The van der Waals surface area contributed by atoms with E-state index in [0.29, 0.717) is 4.47 Å². The number of carboxylic acids is 1. The molecule has 1 aromatic rings. The molecule has 122 valence electrons. The zero-order valence-electron chi connectivity index (χ0n) is 12.2. The molecule has 0 aromatic heterocycles. The van der Waals surface area contributed by atoms with E-state index in [4.69, 9.17) is 5.11 Å². The van der Waals surface area contributed by atoms with Gasteiger partial charge in [0.15, 0.2) is 0 Å². The average molecular weight is 394 g/mol. The summed E-state index contributed by atoms with van der Waals surface area (Å²) in [5.41, 5.74) is 0.0358. The molecule has 0 fully saturated rings. The molecular weight excluding hydrogens is 378 g/mol. The number of carbonyl (C=O) groups excluding carboxylic acids is 1. The maximum Gasteiger partial charge on any atom is 0.337 e. The minimum atomic E-state index is -4.10. The highest BCUT2D eigenvalue weighted by atomic mass is 79.9. The second-order valence-corrected chi connectivity index (χ2v) is 7.48. The zero-order valence-corrected chi connectivity index (χ0v) is 14.6. The lowest BCUT2D eigenvalue weighted by molar-refractivity contribution is -0.140. The molecule has 1 aromatic carbocycles. The van der Waals surface area contributed by atoms with Crippen molar-refractivity contribution in [3.8, 4) is 0 Å². The zero-order chi connectivity index (χ0) is 17.1. The van der Waals surface area contributed by atoms with E-state index in [-0.39, 0.29) is 10.5 Å². The molecule has 0 heterocycles. The minimum Gasteiger partial charge on any atom is -0.480 e. The molecule has 0 saturated heterocycles. The fourth-order valence-corrected chi connectivity index (χ4v) is 3.71. The van der Waals surface area contributed by atoms with Gasteiger partial charge in [0.1, 0.15) is 6.04 Å². The summed E-state index contributed by atoms with van der Waals surface area (Å²) in [5.74, 6) is -2.42. The molecule has 1 atom stereocenters. The summed E-state index contributed by atoms with van der Waals surface area (Å²) in [6.07, 6.45) is 0. The summed E-state index contributed by atoms with van der Waals surface area (Å²) in [5, 5.41) is 9.08. The Bertz CT molecular complexity index is 686. The van der Waals surface area contributed by atoms with Crippen LogP contribution in [0.15, 0.2) is 27.6 Å². The molecule has 0 saturated carbocycles. The third-order valence-electron chi connectivity index (χ3n) is 2.82. The van der Waals surface area contributed by atoms with Gasteiger partial charge in [0.05, 0.1) is 17.6 Å². The number of rotatable bonds is 6. The van der Waals surface area contributed by atoms with Gasteiger partial charge in [0, 0.05) is 4.47 Å². The van der Waals surface area contributed by atoms with Crippen LogP contribution in [0.3, 0.4) is 0 Å². The molecule has 0 spiro atoms. The predicted molar refractivity (Wildman–Crippen MR) is 82.1 cm³/mol. The highest BCUT2D eigenvalue weighted by Gasteiger charge is 2.28. The summed E-state index contributed by atoms with van der Waals surface area (Å²) in [6, 6.07) is 2.53. The van der Waals surface area contributed by atoms with E-state index < -0.39 is 33.9 Å². The van der Waals surface area contributed by atoms with Crippen LogP contribution in [0, 0.1) is 5.92 Å². The van der Waals surface area contributed by atoms with Crippen LogP contribution in [-0.4, -0.2) is 38.6 Å². The topological polar surface area (TPSA) is 110 Å². The van der Waals surface area contributed by atoms with E-state index in [9.17, 15) is 18.0 Å². The molecule has 7 nitrogen and oxygen atoms in total. The molecule has 0 aliphatic rings. The lowest BCUT2D eigenvalue weighted by atomic mass is 10.1. The van der Waals surface area contributed by atoms with Gasteiger partial charge in [-0.2, -0.15) is 4.72 Å². The van der Waals surface area contributed by atoms with Crippen molar-refractivity contribution in [1.29, 1.82) is 0 Å². The molecular formula is C13H16BrNO6S. The number of nitrogens with one attached hydrogen (secondary N) is 1. The number of sulfonamides is 1. The van der Waals surface area contributed by atoms with Gasteiger partial charge >= 0.3 is 11.9 Å². The Labute approximate surface area is 136 Å². The highest BCUT2D eigenvalue weighted by molar-refractivity contribution is 9.10. The van der Waals surface area contributed by atoms with Crippen molar-refractivity contribution in [3.63, 3.8) is 0 Å². The normalized spacial score (nSPS) is 13.0. The lowest BCUT2D eigenvalue weighted by Crippen LogP contribution is -2.44. The van der Waals surface area contributed by atoms with E-state index in [1.807, 2.05) is 0 Å². The molecule has 2 N–H and O–H groups in total. The Balaban J connectivity index is 3.25. The molecule has 0 radical (unpaired) electrons. The Hall–Kier alpha value is -1.45. The van der Waals surface area contributed by atoms with E-state index in [0.717, 1.165) is 6.07 Å². The number of hydrogen-bond acceptors (Lipinski definition) is 5. The number of esters is 1. The van der Waals surface area contributed by atoms with Gasteiger partial charge < -0.3 is 9.84 Å². The first-order valence-electron chi connectivity index (χ1n) is 6.22. The maximum absolute atomic E-state index is 12.3. The number of halogens is 1. The van der Waals surface area contributed by atoms with Crippen LogP contribution in [0.2, 0.25) is 0 Å². The van der Waals surface area contributed by atoms with Crippen molar-refractivity contribution < 1.29 is 27.9 Å². The number of carbonyl (C=O) groups is 2. The third-order valence-corrected chi connectivity index (χ3v) is 4.70. The fraction of sp³-hybridized carbons (Fsp3) is 0.385. The first-order valence-corrected chi connectivity index (χ1v) is 8.50. The van der Waals surface area contributed by atoms with E-state index >= 15 is 0 Å². The standard InChI is InChI=1S/C13H16BrNO6S/c1-7(2)11(12(16)17)15-22(19,20)10-5-8(13(18)21-3)4-9(14)6-10/h4-7,11,15H,1-3H3,(H,16,17)/t11-/m1/s1. The van der Waals surface area contributed by atoms with Crippen LogP contribution in [-0.2, 0) is 19.6 Å². The molecule has 22 heavy (non-hydrogen) atoms. The van der Waals surface area contributed by atoms with Gasteiger partial charge in [-0.1, -0.05) is 29.8 Å². The Morgan fingerprint density at radius 2 is 1.86 bits per heavy atom. The molecule has 1 rings (SSSR count). The molecule has 0 aliphatic carbocycles. The average Bonchev–Trinajstić information content (AvgIpc) is 2.42. The van der Waals surface area contributed by atoms with Gasteiger partial charge in [0.2, 0.25) is 10.0 Å². The van der Waals surface area contributed by atoms with Gasteiger partial charge in [-0.25, -0.2) is 13.2 Å². The van der Waals surface area contributed by atoms with E-state index in [2.05, 4.69) is 25.4 Å². The second kappa shape index (κ2) is 7.21. The van der Waals surface area contributed by atoms with Crippen LogP contribution in [0.25, 0.3) is 0 Å². The number of hydrogen-bond donors (Lipinski definition) is 2. The Morgan fingerprint density at radius 3 is 2.32 bits per heavy atom. The van der Waals surface area contributed by atoms with Crippen molar-refractivity contribution in [2.24, 2.45) is 5.92 Å². The number of benzene rings is 1. The van der Waals surface area contributed by atoms with Gasteiger partial charge in [-0.15, -0.1) is 0 Å². The van der Waals surface area contributed by atoms with Crippen LogP contribution < -0.4 is 4.72 Å². The summed E-state index contributed by atoms with van der Waals surface area (Å²) in [7, 11) is -2.93. The number of carboxylic acid groups (broad SMARTS) is 1. The first-order chi connectivity index (χ1) is 10.1. The Kier molecular flexibility index (Phi) is 6.09. The van der Waals surface area contributed by atoms with Crippen molar-refractivity contribution in [3.05, 3.63) is 28.2 Å². The summed E-state index contributed by atoms with van der Waals surface area (Å²) < 4.78 is 31.7. The van der Waals surface area contributed by atoms with Crippen molar-refractivity contribution in [1.82, 2.24) is 4.72 Å². The fourth-order valence-electron chi connectivity index (χ4n) is 1.66. The van der Waals surface area contributed by atoms with E-state index in [1.165, 1.54) is 19.2 Å². The highest BCUT2D eigenvalue weighted by Crippen LogP contribution is 2.21. The van der Waals surface area contributed by atoms with Gasteiger partial charge in [0.25, 0.3) is 0 Å². The monoisotopic (exact) mass is 393 g/mol. The summed E-state index contributed by atoms with van der Waals surface area (Å²) >= 11 is 3.11. The quantitative estimate of drug-likeness (QED) is 0.710. The number of aliphatic carboxylic acids is 1. The van der Waals surface area contributed by atoms with Crippen molar-refractivity contribution in [2.75, 3.05) is 7.11 Å². The van der Waals surface area contributed by atoms with Crippen LogP contribution in [0.1, 0.15) is 24.2 Å². The van der Waals surface area contributed by atoms with Crippen molar-refractivity contribution >= 4 is 37.9 Å². The summed E-state index contributed by atoms with van der Waals surface area (Å²) in [6.45, 7) is 3.17. The SMILES string of the molecule is COC(=O)c1cc(Br)cc(S(=O)(=O)N[C@@H](C(=O)O)C(C)C)c1. The molecule has 0 bridgehead atoms. The predicted octanol–water partition coefficient (Wildman–Crippen LogP) is 1.62. The molecule has 0 amide bonds. The van der Waals surface area contributed by atoms with Gasteiger partial charge in [-0.05, 0) is 24.1 Å².